The Morgan fingerprint density at radius 3 is 1.63 bits per heavy atom. The molecule has 1 amide bonds. The molecule has 23 heteroatoms. The first-order chi connectivity index (χ1) is 37.3. The van der Waals surface area contributed by atoms with Gasteiger partial charge in [-0.2, -0.15) is 0 Å². The number of benzene rings is 4. The zero-order valence-corrected chi connectivity index (χ0v) is 48.3. The van der Waals surface area contributed by atoms with Crippen molar-refractivity contribution in [1.29, 1.82) is 0 Å². The second-order valence-corrected chi connectivity index (χ2v) is 24.5. The first kappa shape index (κ1) is 63.5. The fourth-order valence-corrected chi connectivity index (χ4v) is 12.5. The predicted octanol–water partition coefficient (Wildman–Crippen LogP) is 5.54. The molecule has 4 N–H and O–H groups in total. The second-order valence-electron chi connectivity index (χ2n) is 19.4. The van der Waals surface area contributed by atoms with Crippen LogP contribution in [0.4, 0.5) is 0 Å². The molecule has 78 heavy (non-hydrogen) atoms. The number of nitrogens with one attached hydrogen (secondary N) is 2. The number of halogens is 3. The summed E-state index contributed by atoms with van der Waals surface area (Å²) < 4.78 is 87.4. The van der Waals surface area contributed by atoms with Crippen LogP contribution in [0.5, 0.6) is 0 Å². The summed E-state index contributed by atoms with van der Waals surface area (Å²) in [7, 11) is -3.17. The van der Waals surface area contributed by atoms with Gasteiger partial charge < -0.3 is 53.8 Å². The maximum Gasteiger partial charge on any atom is 0.252 e. The van der Waals surface area contributed by atoms with Crippen molar-refractivity contribution in [3.8, 4) is 0 Å². The zero-order valence-electron chi connectivity index (χ0n) is 44.4. The molecule has 0 spiro atoms. The summed E-state index contributed by atoms with van der Waals surface area (Å²) in [4.78, 5) is 29.5. The van der Waals surface area contributed by atoms with Gasteiger partial charge in [0.1, 0.15) is 6.10 Å². The highest BCUT2D eigenvalue weighted by Gasteiger charge is 2.31. The van der Waals surface area contributed by atoms with Gasteiger partial charge in [0, 0.05) is 85.8 Å². The van der Waals surface area contributed by atoms with Crippen molar-refractivity contribution < 1.29 is 65.1 Å². The van der Waals surface area contributed by atoms with Crippen molar-refractivity contribution in [3.63, 3.8) is 0 Å². The fourth-order valence-electron chi connectivity index (χ4n) is 9.32. The van der Waals surface area contributed by atoms with Gasteiger partial charge in [0.15, 0.2) is 21.7 Å². The number of fused-ring (bicyclic) bond motifs is 2. The van der Waals surface area contributed by atoms with Crippen molar-refractivity contribution >= 4 is 66.4 Å². The first-order valence-electron chi connectivity index (χ1n) is 26.0. The van der Waals surface area contributed by atoms with E-state index < -0.39 is 43.8 Å². The van der Waals surface area contributed by atoms with Crippen LogP contribution in [-0.4, -0.2) is 186 Å². The lowest BCUT2D eigenvalue weighted by Crippen LogP contribution is -2.46. The highest BCUT2D eigenvalue weighted by Crippen LogP contribution is 2.39. The largest absolute Gasteiger partial charge is 0.382 e. The molecular weight excluding hydrogens is 1110 g/mol. The van der Waals surface area contributed by atoms with Gasteiger partial charge in [-0.15, -0.1) is 0 Å². The third-order valence-electron chi connectivity index (χ3n) is 13.4. The lowest BCUT2D eigenvalue weighted by Gasteiger charge is -2.34. The zero-order chi connectivity index (χ0) is 56.2. The molecule has 4 aromatic rings. The number of nitrogens with zero attached hydrogens (tertiary/aromatic N) is 2. The number of aryl methyl sites for hydroxylation is 1. The molecule has 0 saturated heterocycles. The van der Waals surface area contributed by atoms with Crippen molar-refractivity contribution in [2.45, 2.75) is 73.1 Å². The number of aliphatic hydroxyl groups is 2. The summed E-state index contributed by atoms with van der Waals surface area (Å²) in [6.07, 6.45) is -3.38. The van der Waals surface area contributed by atoms with Crippen LogP contribution < -0.4 is 10.0 Å². The summed E-state index contributed by atoms with van der Waals surface area (Å²) >= 11 is 19.2. The van der Waals surface area contributed by atoms with Gasteiger partial charge in [0.2, 0.25) is 10.0 Å². The van der Waals surface area contributed by atoms with E-state index in [2.05, 4.69) is 33.8 Å². The SMILES string of the molecule is Cc1cc(Cl)cc2c1CN(C)CC2c1ccc(S(=O)(=O)CCCOCCOCCOCCCC(=O)C(O)C(O)C(=O)NCCOCCOCCOCCNS(=O)(=O)c2ccc(C3CN(C)Cc4c(Cl)cc(Cl)cc43)cc2)cc1. The number of carbonyl (C=O) groups excluding carboxylic acids is 2. The van der Waals surface area contributed by atoms with E-state index in [0.717, 1.165) is 47.5 Å². The average molecular weight is 1180 g/mol. The quantitative estimate of drug-likeness (QED) is 0.0421. The van der Waals surface area contributed by atoms with Crippen LogP contribution in [0.25, 0.3) is 0 Å². The molecule has 0 bridgehead atoms. The number of likely N-dealkylation sites (N-methyl/N-ethyl adjacent to an activating group) is 2. The van der Waals surface area contributed by atoms with Gasteiger partial charge >= 0.3 is 0 Å². The monoisotopic (exact) mass is 1180 g/mol. The van der Waals surface area contributed by atoms with Crippen molar-refractivity contribution in [2.24, 2.45) is 0 Å². The third kappa shape index (κ3) is 19.2. The Morgan fingerprint density at radius 2 is 1.06 bits per heavy atom. The molecular formula is C55H73Cl3N4O14S2. The average Bonchev–Trinajstić information content (AvgIpc) is 3.42. The normalized spacial score (nSPS) is 16.9. The standard InChI is InChI=1S/C55H73Cl3N4O14S2/c1-38-30-41(56)31-45-47(38)34-61(2)35-48(45)39-7-11-43(12-8-39)77(67,68)29-5-18-72-22-26-75-25-21-71-17-4-6-52(63)53(64)54(65)55(66)59-15-19-73-23-27-76-28-24-74-20-16-60-78(69,70)44-13-9-40(10-14-44)49-36-62(3)37-50-46(49)32-42(57)33-51(50)58/h7-14,30-33,48-49,53-54,60,64-65H,4-6,15-29,34-37H2,1-3H3,(H,59,66). The lowest BCUT2D eigenvalue weighted by molar-refractivity contribution is -0.145. The third-order valence-corrected chi connectivity index (χ3v) is 17.4. The number of ether oxygens (including phenoxy) is 6. The summed E-state index contributed by atoms with van der Waals surface area (Å²) in [6, 6.07) is 21.6. The highest BCUT2D eigenvalue weighted by molar-refractivity contribution is 7.91. The number of rotatable bonds is 34. The molecule has 6 rings (SSSR count). The number of sulfone groups is 1. The minimum absolute atomic E-state index is 0.0127. The summed E-state index contributed by atoms with van der Waals surface area (Å²) in [5, 5.41) is 24.7. The topological polar surface area (TPSA) is 229 Å². The van der Waals surface area contributed by atoms with Crippen molar-refractivity contribution in [2.75, 3.05) is 125 Å². The smallest absolute Gasteiger partial charge is 0.252 e. The molecule has 4 unspecified atom stereocenters. The first-order valence-corrected chi connectivity index (χ1v) is 30.3. The summed E-state index contributed by atoms with van der Waals surface area (Å²) in [6.45, 7) is 7.88. The molecule has 2 heterocycles. The Hall–Kier alpha value is -3.65. The number of sulfonamides is 1. The van der Waals surface area contributed by atoms with Crippen LogP contribution in [0.2, 0.25) is 15.1 Å². The fraction of sp³-hybridized carbons (Fsp3) is 0.527. The van der Waals surface area contributed by atoms with Crippen LogP contribution in [0, 0.1) is 6.92 Å². The number of Topliss-reactive ketones (excluding diaryl/α,β-unsaturated/α-hetero) is 1. The molecule has 0 aliphatic carbocycles. The van der Waals surface area contributed by atoms with Crippen LogP contribution in [0.3, 0.4) is 0 Å². The van der Waals surface area contributed by atoms with Crippen LogP contribution >= 0.6 is 34.8 Å². The number of ketones is 1. The maximum absolute atomic E-state index is 13.1. The molecule has 4 aromatic carbocycles. The van der Waals surface area contributed by atoms with E-state index >= 15 is 0 Å². The van der Waals surface area contributed by atoms with E-state index in [4.69, 9.17) is 63.2 Å². The Balaban J connectivity index is 0.705. The second kappa shape index (κ2) is 31.5. The number of carbonyl (C=O) groups is 2. The van der Waals surface area contributed by atoms with Gasteiger partial charge in [-0.3, -0.25) is 9.59 Å². The molecule has 430 valence electrons. The Morgan fingerprint density at radius 1 is 0.603 bits per heavy atom. The van der Waals surface area contributed by atoms with Crippen molar-refractivity contribution in [1.82, 2.24) is 19.8 Å². The molecule has 2 aliphatic rings. The molecule has 18 nitrogen and oxygen atoms in total. The van der Waals surface area contributed by atoms with Gasteiger partial charge in [-0.05, 0) is 121 Å². The summed E-state index contributed by atoms with van der Waals surface area (Å²) in [5.74, 6) is -1.59. The molecule has 4 atom stereocenters. The Labute approximate surface area is 473 Å². The lowest BCUT2D eigenvalue weighted by atomic mass is 9.83. The van der Waals surface area contributed by atoms with Crippen molar-refractivity contribution in [3.05, 3.63) is 127 Å². The van der Waals surface area contributed by atoms with Crippen LogP contribution in [0.1, 0.15) is 70.0 Å². The van der Waals surface area contributed by atoms with Gasteiger partial charge in [0.05, 0.1) is 81.6 Å². The number of amides is 1. The molecule has 2 aliphatic heterocycles. The van der Waals surface area contributed by atoms with E-state index in [9.17, 15) is 36.6 Å². The Bertz CT molecular complexity index is 2610. The van der Waals surface area contributed by atoms with Gasteiger partial charge in [-0.1, -0.05) is 59.1 Å². The molecule has 0 saturated carbocycles. The van der Waals surface area contributed by atoms with Gasteiger partial charge in [0.25, 0.3) is 5.91 Å². The molecule has 0 aromatic heterocycles. The predicted molar refractivity (Wildman–Crippen MR) is 298 cm³/mol. The molecule has 0 fully saturated rings. The maximum atomic E-state index is 13.1. The van der Waals surface area contributed by atoms with E-state index in [-0.39, 0.29) is 133 Å². The number of hydrogen-bond acceptors (Lipinski definition) is 16. The highest BCUT2D eigenvalue weighted by atomic mass is 35.5. The molecule has 0 radical (unpaired) electrons. The Kier molecular flexibility index (Phi) is 25.7. The van der Waals surface area contributed by atoms with Crippen LogP contribution in [0.15, 0.2) is 82.6 Å². The van der Waals surface area contributed by atoms with E-state index in [1.807, 2.05) is 49.5 Å². The minimum atomic E-state index is -3.77. The minimum Gasteiger partial charge on any atom is -0.382 e. The van der Waals surface area contributed by atoms with E-state index in [1.54, 1.807) is 30.3 Å². The van der Waals surface area contributed by atoms with Gasteiger partial charge in [-0.25, -0.2) is 21.6 Å². The van der Waals surface area contributed by atoms with E-state index in [1.165, 1.54) is 11.1 Å². The number of aliphatic hydroxyl groups excluding tert-OH is 2. The number of hydrogen-bond donors (Lipinski definition) is 4. The van der Waals surface area contributed by atoms with E-state index in [0.29, 0.717) is 28.0 Å². The summed E-state index contributed by atoms with van der Waals surface area (Å²) in [5.41, 5.74) is 7.65. The van der Waals surface area contributed by atoms with Crippen LogP contribution in [-0.2, 0) is 71.0 Å².